The minimum absolute atomic E-state index is 0. The predicted molar refractivity (Wildman–Crippen MR) is 110 cm³/mol. The van der Waals surface area contributed by atoms with Crippen molar-refractivity contribution in [1.29, 1.82) is 0 Å². The summed E-state index contributed by atoms with van der Waals surface area (Å²) in [6.07, 6.45) is 0. The van der Waals surface area contributed by atoms with Crippen LogP contribution in [0.15, 0.2) is 48.5 Å². The molecular formula is C18H21ClN2O2S2. The second-order valence-corrected chi connectivity index (χ2v) is 8.04. The molecule has 25 heavy (non-hydrogen) atoms. The van der Waals surface area contributed by atoms with Gasteiger partial charge in [-0.1, -0.05) is 12.1 Å². The first kappa shape index (κ1) is 20.0. The van der Waals surface area contributed by atoms with Gasteiger partial charge in [0, 0.05) is 29.3 Å². The maximum absolute atomic E-state index is 12.3. The van der Waals surface area contributed by atoms with E-state index in [1.165, 1.54) is 17.1 Å². The summed E-state index contributed by atoms with van der Waals surface area (Å²) in [5, 5.41) is 2.90. The lowest BCUT2D eigenvalue weighted by atomic mass is 10.1. The van der Waals surface area contributed by atoms with Crippen LogP contribution in [0.4, 0.5) is 5.69 Å². The maximum Gasteiger partial charge on any atom is 0.255 e. The second kappa shape index (κ2) is 9.97. The minimum Gasteiger partial charge on any atom is -0.492 e. The Labute approximate surface area is 162 Å². The molecule has 0 bridgehead atoms. The summed E-state index contributed by atoms with van der Waals surface area (Å²) in [4.78, 5) is 12.3. The van der Waals surface area contributed by atoms with Crippen LogP contribution in [0.2, 0.25) is 0 Å². The summed E-state index contributed by atoms with van der Waals surface area (Å²) in [7, 11) is 0. The largest absolute Gasteiger partial charge is 0.492 e. The molecule has 1 amide bonds. The molecule has 1 saturated heterocycles. The van der Waals surface area contributed by atoms with Gasteiger partial charge >= 0.3 is 0 Å². The Hall–Kier alpha value is -1.34. The zero-order valence-corrected chi connectivity index (χ0v) is 16.1. The van der Waals surface area contributed by atoms with Crippen molar-refractivity contribution in [3.63, 3.8) is 0 Å². The van der Waals surface area contributed by atoms with Gasteiger partial charge in [-0.15, -0.1) is 35.9 Å². The fourth-order valence-corrected chi connectivity index (χ4v) is 5.22. The van der Waals surface area contributed by atoms with Crippen LogP contribution in [0.25, 0.3) is 0 Å². The summed E-state index contributed by atoms with van der Waals surface area (Å²) in [5.41, 5.74) is 8.08. The van der Waals surface area contributed by atoms with E-state index in [-0.39, 0.29) is 18.3 Å². The molecule has 0 aromatic heterocycles. The van der Waals surface area contributed by atoms with Gasteiger partial charge in [0.15, 0.2) is 0 Å². The van der Waals surface area contributed by atoms with Crippen molar-refractivity contribution < 1.29 is 9.53 Å². The number of carbonyl (C=O) groups is 1. The Morgan fingerprint density at radius 1 is 1.08 bits per heavy atom. The third-order valence-corrected chi connectivity index (χ3v) is 6.67. The lowest BCUT2D eigenvalue weighted by molar-refractivity contribution is 0.102. The average Bonchev–Trinajstić information content (AvgIpc) is 3.16. The van der Waals surface area contributed by atoms with Gasteiger partial charge in [0.1, 0.15) is 12.4 Å². The first-order valence-corrected chi connectivity index (χ1v) is 9.93. The standard InChI is InChI=1S/C18H20N2O2S2.ClH/c19-9-10-22-16-7-5-15(6-8-16)20-17(21)13-1-3-14(4-2-13)18-23-11-12-24-18;/h1-8,18H,9-12,19H2,(H,20,21);1H. The van der Waals surface area contributed by atoms with Crippen molar-refractivity contribution in [2.24, 2.45) is 5.73 Å². The van der Waals surface area contributed by atoms with Crippen LogP contribution >= 0.6 is 35.9 Å². The molecule has 134 valence electrons. The first-order valence-electron chi connectivity index (χ1n) is 7.84. The number of carbonyl (C=O) groups excluding carboxylic acids is 1. The fraction of sp³-hybridized carbons (Fsp3) is 0.278. The van der Waals surface area contributed by atoms with E-state index in [4.69, 9.17) is 10.5 Å². The Bertz CT molecular complexity index is 674. The molecule has 0 unspecified atom stereocenters. The van der Waals surface area contributed by atoms with Crippen LogP contribution in [-0.4, -0.2) is 30.6 Å². The van der Waals surface area contributed by atoms with E-state index in [1.807, 2.05) is 59.9 Å². The molecule has 0 aliphatic carbocycles. The van der Waals surface area contributed by atoms with Crippen molar-refractivity contribution in [2.45, 2.75) is 4.58 Å². The summed E-state index contributed by atoms with van der Waals surface area (Å²) < 4.78 is 5.92. The highest BCUT2D eigenvalue weighted by molar-refractivity contribution is 8.19. The molecule has 0 atom stereocenters. The number of hydrogen-bond donors (Lipinski definition) is 2. The summed E-state index contributed by atoms with van der Waals surface area (Å²) in [6, 6.07) is 15.2. The number of hydrogen-bond acceptors (Lipinski definition) is 5. The van der Waals surface area contributed by atoms with Crippen molar-refractivity contribution in [1.82, 2.24) is 0 Å². The van der Waals surface area contributed by atoms with Gasteiger partial charge in [0.25, 0.3) is 5.91 Å². The summed E-state index contributed by atoms with van der Waals surface area (Å²) in [5.74, 6) is 3.03. The second-order valence-electron chi connectivity index (χ2n) is 5.31. The van der Waals surface area contributed by atoms with Crippen LogP contribution < -0.4 is 15.8 Å². The number of benzene rings is 2. The predicted octanol–water partition coefficient (Wildman–Crippen LogP) is 4.18. The highest BCUT2D eigenvalue weighted by Crippen LogP contribution is 2.45. The van der Waals surface area contributed by atoms with E-state index in [0.29, 0.717) is 23.3 Å². The Morgan fingerprint density at radius 2 is 1.72 bits per heavy atom. The van der Waals surface area contributed by atoms with E-state index in [9.17, 15) is 4.79 Å². The first-order chi connectivity index (χ1) is 11.8. The monoisotopic (exact) mass is 396 g/mol. The zero-order valence-electron chi connectivity index (χ0n) is 13.6. The molecule has 0 saturated carbocycles. The molecule has 1 aliphatic heterocycles. The van der Waals surface area contributed by atoms with Gasteiger partial charge in [0.05, 0.1) is 4.58 Å². The van der Waals surface area contributed by atoms with Crippen molar-refractivity contribution >= 4 is 47.5 Å². The van der Waals surface area contributed by atoms with Crippen LogP contribution in [0.5, 0.6) is 5.75 Å². The number of nitrogens with one attached hydrogen (secondary N) is 1. The fourth-order valence-electron chi connectivity index (χ4n) is 2.36. The van der Waals surface area contributed by atoms with Crippen molar-refractivity contribution in [2.75, 3.05) is 30.0 Å². The highest BCUT2D eigenvalue weighted by Gasteiger charge is 2.18. The van der Waals surface area contributed by atoms with Gasteiger partial charge in [-0.05, 0) is 42.0 Å². The lowest BCUT2D eigenvalue weighted by Crippen LogP contribution is -2.12. The third kappa shape index (κ3) is 5.57. The molecular weight excluding hydrogens is 376 g/mol. The molecule has 1 aliphatic rings. The van der Waals surface area contributed by atoms with Crippen LogP contribution in [0.3, 0.4) is 0 Å². The molecule has 1 fully saturated rings. The molecule has 0 spiro atoms. The molecule has 7 heteroatoms. The topological polar surface area (TPSA) is 64.3 Å². The van der Waals surface area contributed by atoms with E-state index in [1.54, 1.807) is 0 Å². The highest BCUT2D eigenvalue weighted by atomic mass is 35.5. The maximum atomic E-state index is 12.3. The third-order valence-electron chi connectivity index (χ3n) is 3.57. The number of amides is 1. The number of halogens is 1. The van der Waals surface area contributed by atoms with E-state index in [0.717, 1.165) is 11.4 Å². The van der Waals surface area contributed by atoms with E-state index >= 15 is 0 Å². The number of ether oxygens (including phenoxy) is 1. The average molecular weight is 397 g/mol. The van der Waals surface area contributed by atoms with Gasteiger partial charge in [0.2, 0.25) is 0 Å². The number of anilines is 1. The lowest BCUT2D eigenvalue weighted by Gasteiger charge is -2.10. The number of rotatable bonds is 6. The number of thioether (sulfide) groups is 2. The molecule has 2 aromatic rings. The molecule has 3 N–H and O–H groups in total. The van der Waals surface area contributed by atoms with Crippen molar-refractivity contribution in [3.8, 4) is 5.75 Å². The molecule has 3 rings (SSSR count). The Kier molecular flexibility index (Phi) is 7.96. The zero-order chi connectivity index (χ0) is 16.8. The molecule has 4 nitrogen and oxygen atoms in total. The van der Waals surface area contributed by atoms with Gasteiger partial charge in [-0.25, -0.2) is 0 Å². The molecule has 2 aromatic carbocycles. The normalized spacial score (nSPS) is 14.0. The molecule has 1 heterocycles. The smallest absolute Gasteiger partial charge is 0.255 e. The van der Waals surface area contributed by atoms with Crippen LogP contribution in [0, 0.1) is 0 Å². The quantitative estimate of drug-likeness (QED) is 0.766. The van der Waals surface area contributed by atoms with E-state index in [2.05, 4.69) is 17.4 Å². The summed E-state index contributed by atoms with van der Waals surface area (Å²) >= 11 is 3.92. The van der Waals surface area contributed by atoms with Gasteiger partial charge in [-0.3, -0.25) is 4.79 Å². The Balaban J connectivity index is 0.00000225. The van der Waals surface area contributed by atoms with Crippen LogP contribution in [0.1, 0.15) is 20.5 Å². The van der Waals surface area contributed by atoms with Crippen molar-refractivity contribution in [3.05, 3.63) is 59.7 Å². The van der Waals surface area contributed by atoms with Gasteiger partial charge < -0.3 is 15.8 Å². The van der Waals surface area contributed by atoms with Crippen LogP contribution in [-0.2, 0) is 0 Å². The van der Waals surface area contributed by atoms with E-state index < -0.39 is 0 Å². The SMILES string of the molecule is Cl.NCCOc1ccc(NC(=O)c2ccc(C3SCCS3)cc2)cc1. The van der Waals surface area contributed by atoms with Gasteiger partial charge in [-0.2, -0.15) is 0 Å². The Morgan fingerprint density at radius 3 is 2.32 bits per heavy atom. The summed E-state index contributed by atoms with van der Waals surface area (Å²) in [6.45, 7) is 0.960. The number of nitrogens with two attached hydrogens (primary N) is 1. The minimum atomic E-state index is -0.107. The molecule has 0 radical (unpaired) electrons.